The minimum atomic E-state index is -0.468. The number of benzene rings is 4. The van der Waals surface area contributed by atoms with E-state index >= 15 is 0 Å². The monoisotopic (exact) mass is 525 g/mol. The second-order valence-corrected chi connectivity index (χ2v) is 9.03. The predicted octanol–water partition coefficient (Wildman–Crippen LogP) is 7.74. The molecule has 9 heteroatoms. The van der Waals surface area contributed by atoms with E-state index in [0.29, 0.717) is 32.7 Å². The largest absolute Gasteiger partial charge is 0.436 e. The van der Waals surface area contributed by atoms with Gasteiger partial charge in [-0.1, -0.05) is 59.1 Å². The van der Waals surface area contributed by atoms with Gasteiger partial charge in [0.15, 0.2) is 10.7 Å². The molecule has 0 aliphatic rings. The van der Waals surface area contributed by atoms with Gasteiger partial charge < -0.3 is 9.73 Å². The van der Waals surface area contributed by atoms with Crippen LogP contribution in [0, 0.1) is 0 Å². The average Bonchev–Trinajstić information content (AvgIpc) is 3.23. The molecule has 1 heterocycles. The molecule has 34 heavy (non-hydrogen) atoms. The second kappa shape index (κ2) is 9.24. The fraction of sp³-hybridized carbons (Fsp3) is 0. The number of carbonyl (C=O) groups excluding carboxylic acids is 1. The van der Waals surface area contributed by atoms with Crippen LogP contribution in [0.3, 0.4) is 0 Å². The van der Waals surface area contributed by atoms with Gasteiger partial charge in [-0.15, -0.1) is 0 Å². The van der Waals surface area contributed by atoms with Gasteiger partial charge in [0.25, 0.3) is 5.91 Å². The first-order valence-corrected chi connectivity index (χ1v) is 11.6. The molecule has 5 rings (SSSR count). The lowest BCUT2D eigenvalue weighted by Gasteiger charge is -2.10. The molecule has 0 fully saturated rings. The highest BCUT2D eigenvalue weighted by Gasteiger charge is 2.15. The summed E-state index contributed by atoms with van der Waals surface area (Å²) in [5.41, 5.74) is 2.94. The molecule has 0 saturated carbocycles. The number of halogens is 3. The third-order valence-electron chi connectivity index (χ3n) is 5.14. The van der Waals surface area contributed by atoms with Crippen LogP contribution in [0.15, 0.2) is 77.2 Å². The van der Waals surface area contributed by atoms with Gasteiger partial charge >= 0.3 is 0 Å². The van der Waals surface area contributed by atoms with Crippen molar-refractivity contribution in [1.29, 1.82) is 0 Å². The highest BCUT2D eigenvalue weighted by atomic mass is 35.5. The zero-order chi connectivity index (χ0) is 23.8. The molecule has 5 aromatic rings. The lowest BCUT2D eigenvalue weighted by molar-refractivity contribution is 0.0978. The Labute approximate surface area is 214 Å². The van der Waals surface area contributed by atoms with Gasteiger partial charge in [-0.3, -0.25) is 10.1 Å². The number of carbonyl (C=O) groups is 1. The maximum absolute atomic E-state index is 12.5. The summed E-state index contributed by atoms with van der Waals surface area (Å²) in [5.74, 6) is 0.0101. The van der Waals surface area contributed by atoms with Crippen molar-refractivity contribution < 1.29 is 9.21 Å². The number of amides is 1. The Bertz CT molecular complexity index is 1600. The van der Waals surface area contributed by atoms with Crippen molar-refractivity contribution in [2.75, 3.05) is 5.32 Å². The third kappa shape index (κ3) is 4.45. The molecule has 2 N–H and O–H groups in total. The van der Waals surface area contributed by atoms with Gasteiger partial charge in [0.2, 0.25) is 5.89 Å². The first-order chi connectivity index (χ1) is 16.4. The van der Waals surface area contributed by atoms with Crippen molar-refractivity contribution in [2.45, 2.75) is 0 Å². The Hall–Kier alpha value is -3.16. The van der Waals surface area contributed by atoms with Crippen molar-refractivity contribution in [3.8, 4) is 11.5 Å². The van der Waals surface area contributed by atoms with Crippen LogP contribution in [0.1, 0.15) is 10.4 Å². The van der Waals surface area contributed by atoms with E-state index in [1.807, 2.05) is 36.4 Å². The first-order valence-electron chi connectivity index (χ1n) is 10.0. The molecule has 168 valence electrons. The summed E-state index contributed by atoms with van der Waals surface area (Å²) >= 11 is 23.7. The van der Waals surface area contributed by atoms with Gasteiger partial charge in [-0.25, -0.2) is 4.98 Å². The minimum absolute atomic E-state index is 0.104. The highest BCUT2D eigenvalue weighted by Crippen LogP contribution is 2.34. The molecule has 0 spiro atoms. The zero-order valence-electron chi connectivity index (χ0n) is 17.2. The summed E-state index contributed by atoms with van der Waals surface area (Å²) in [6.45, 7) is 0. The number of anilines is 1. The SMILES string of the molecule is O=C(NC(=S)Nc1ccc2oc(-c3cccc4c(Cl)cccc34)nc2c1)c1cc(Cl)ccc1Cl. The standard InChI is InChI=1S/C25H14Cl3N3O2S/c26-13-7-9-20(28)18(11-13)23(32)31-25(34)29-14-8-10-22-21(12-14)30-24(33-22)17-5-1-4-16-15(17)3-2-6-19(16)27/h1-12H,(H2,29,31,32,34). The molecule has 0 aliphatic carbocycles. The maximum atomic E-state index is 12.5. The molecular formula is C25H14Cl3N3O2S. The van der Waals surface area contributed by atoms with Crippen molar-refractivity contribution >= 4 is 85.6 Å². The van der Waals surface area contributed by atoms with Crippen LogP contribution in [-0.4, -0.2) is 16.0 Å². The van der Waals surface area contributed by atoms with Crippen LogP contribution in [0.5, 0.6) is 0 Å². The van der Waals surface area contributed by atoms with Crippen molar-refractivity contribution in [3.63, 3.8) is 0 Å². The fourth-order valence-electron chi connectivity index (χ4n) is 3.58. The molecular weight excluding hydrogens is 513 g/mol. The van der Waals surface area contributed by atoms with Gasteiger partial charge in [-0.2, -0.15) is 0 Å². The van der Waals surface area contributed by atoms with E-state index in [2.05, 4.69) is 15.6 Å². The van der Waals surface area contributed by atoms with Crippen LogP contribution in [-0.2, 0) is 0 Å². The van der Waals surface area contributed by atoms with Gasteiger partial charge in [-0.05, 0) is 66.1 Å². The van der Waals surface area contributed by atoms with E-state index in [1.54, 1.807) is 30.3 Å². The lowest BCUT2D eigenvalue weighted by Crippen LogP contribution is -2.34. The third-order valence-corrected chi connectivity index (χ3v) is 6.24. The summed E-state index contributed by atoms with van der Waals surface area (Å²) in [5, 5.41) is 8.89. The van der Waals surface area contributed by atoms with Crippen LogP contribution in [0.25, 0.3) is 33.3 Å². The van der Waals surface area contributed by atoms with Gasteiger partial charge in [0, 0.05) is 26.7 Å². The molecule has 0 unspecified atom stereocenters. The Morgan fingerprint density at radius 3 is 2.53 bits per heavy atom. The normalized spacial score (nSPS) is 11.0. The molecule has 0 aliphatic heterocycles. The van der Waals surface area contributed by atoms with Gasteiger partial charge in [0.1, 0.15) is 5.52 Å². The number of oxazole rings is 1. The van der Waals surface area contributed by atoms with Crippen LogP contribution in [0.4, 0.5) is 5.69 Å². The number of hydrogen-bond donors (Lipinski definition) is 2. The number of aromatic nitrogens is 1. The average molecular weight is 527 g/mol. The number of thiocarbonyl (C=S) groups is 1. The maximum Gasteiger partial charge on any atom is 0.258 e. The summed E-state index contributed by atoms with van der Waals surface area (Å²) in [4.78, 5) is 17.2. The number of rotatable bonds is 3. The van der Waals surface area contributed by atoms with Crippen LogP contribution >= 0.6 is 47.0 Å². The molecule has 5 nitrogen and oxygen atoms in total. The number of hydrogen-bond acceptors (Lipinski definition) is 4. The van der Waals surface area contributed by atoms with Crippen molar-refractivity contribution in [1.82, 2.24) is 10.3 Å². The topological polar surface area (TPSA) is 67.2 Å². The first kappa shape index (κ1) is 22.6. The van der Waals surface area contributed by atoms with E-state index in [4.69, 9.17) is 51.4 Å². The van der Waals surface area contributed by atoms with E-state index in [1.165, 1.54) is 6.07 Å². The summed E-state index contributed by atoms with van der Waals surface area (Å²) in [6, 6.07) is 21.5. The predicted molar refractivity (Wildman–Crippen MR) is 142 cm³/mol. The summed E-state index contributed by atoms with van der Waals surface area (Å²) in [7, 11) is 0. The van der Waals surface area contributed by atoms with E-state index in [9.17, 15) is 4.79 Å². The van der Waals surface area contributed by atoms with Crippen molar-refractivity contribution in [3.05, 3.63) is 93.4 Å². The Morgan fingerprint density at radius 1 is 0.882 bits per heavy atom. The van der Waals surface area contributed by atoms with E-state index in [-0.39, 0.29) is 15.7 Å². The second-order valence-electron chi connectivity index (χ2n) is 7.37. The number of fused-ring (bicyclic) bond motifs is 2. The fourth-order valence-corrected chi connectivity index (χ4v) is 4.41. The van der Waals surface area contributed by atoms with Crippen LogP contribution < -0.4 is 10.6 Å². The number of nitrogens with one attached hydrogen (secondary N) is 2. The molecule has 0 bridgehead atoms. The molecule has 0 radical (unpaired) electrons. The molecule has 1 amide bonds. The molecule has 4 aromatic carbocycles. The van der Waals surface area contributed by atoms with E-state index < -0.39 is 5.91 Å². The Kier molecular flexibility index (Phi) is 6.15. The molecule has 0 saturated heterocycles. The summed E-state index contributed by atoms with van der Waals surface area (Å²) in [6.07, 6.45) is 0. The Morgan fingerprint density at radius 2 is 1.68 bits per heavy atom. The minimum Gasteiger partial charge on any atom is -0.436 e. The van der Waals surface area contributed by atoms with Gasteiger partial charge in [0.05, 0.1) is 10.6 Å². The van der Waals surface area contributed by atoms with Crippen LogP contribution in [0.2, 0.25) is 15.1 Å². The zero-order valence-corrected chi connectivity index (χ0v) is 20.3. The highest BCUT2D eigenvalue weighted by molar-refractivity contribution is 7.80. The molecule has 0 atom stereocenters. The lowest BCUT2D eigenvalue weighted by atomic mass is 10.0. The summed E-state index contributed by atoms with van der Waals surface area (Å²) < 4.78 is 6.00. The van der Waals surface area contributed by atoms with E-state index in [0.717, 1.165) is 16.3 Å². The quantitative estimate of drug-likeness (QED) is 0.235. The molecule has 1 aromatic heterocycles. The Balaban J connectivity index is 1.38. The smallest absolute Gasteiger partial charge is 0.258 e. The van der Waals surface area contributed by atoms with Crippen molar-refractivity contribution in [2.24, 2.45) is 0 Å². The number of nitrogens with zero attached hydrogens (tertiary/aromatic N) is 1.